The fourth-order valence-electron chi connectivity index (χ4n) is 1.94. The highest BCUT2D eigenvalue weighted by Crippen LogP contribution is 2.21. The van der Waals surface area contributed by atoms with E-state index < -0.39 is 0 Å². The van der Waals surface area contributed by atoms with E-state index in [1.54, 1.807) is 7.11 Å². The molecule has 2 rings (SSSR count). The SMILES string of the molecule is COCc1nc(CCOc2cc(C)ccc2C)sc1C#N. The van der Waals surface area contributed by atoms with Gasteiger partial charge in [-0.1, -0.05) is 12.1 Å². The number of aryl methyl sites for hydroxylation is 2. The monoisotopic (exact) mass is 302 g/mol. The van der Waals surface area contributed by atoms with Crippen molar-refractivity contribution in [2.24, 2.45) is 0 Å². The second-order valence-electron chi connectivity index (χ2n) is 4.80. The summed E-state index contributed by atoms with van der Waals surface area (Å²) < 4.78 is 10.9. The fraction of sp³-hybridized carbons (Fsp3) is 0.375. The van der Waals surface area contributed by atoms with Gasteiger partial charge in [-0.2, -0.15) is 5.26 Å². The average Bonchev–Trinajstić information content (AvgIpc) is 2.85. The number of nitriles is 1. The summed E-state index contributed by atoms with van der Waals surface area (Å²) in [6, 6.07) is 8.32. The molecule has 4 nitrogen and oxygen atoms in total. The fourth-order valence-corrected chi connectivity index (χ4v) is 2.79. The third-order valence-corrected chi connectivity index (χ3v) is 4.10. The quantitative estimate of drug-likeness (QED) is 0.820. The van der Waals surface area contributed by atoms with E-state index in [1.807, 2.05) is 19.9 Å². The van der Waals surface area contributed by atoms with Crippen molar-refractivity contribution in [2.75, 3.05) is 13.7 Å². The summed E-state index contributed by atoms with van der Waals surface area (Å²) in [6.45, 7) is 5.00. The first kappa shape index (κ1) is 15.5. The summed E-state index contributed by atoms with van der Waals surface area (Å²) >= 11 is 1.41. The minimum atomic E-state index is 0.372. The molecule has 0 saturated carbocycles. The van der Waals surface area contributed by atoms with Crippen molar-refractivity contribution in [3.63, 3.8) is 0 Å². The molecule has 0 spiro atoms. The predicted octanol–water partition coefficient (Wildman–Crippen LogP) is 3.40. The number of hydrogen-bond donors (Lipinski definition) is 0. The van der Waals surface area contributed by atoms with Crippen molar-refractivity contribution >= 4 is 11.3 Å². The summed E-state index contributed by atoms with van der Waals surface area (Å²) in [7, 11) is 1.60. The molecule has 0 aliphatic rings. The van der Waals surface area contributed by atoms with Gasteiger partial charge in [0.2, 0.25) is 0 Å². The Balaban J connectivity index is 1.97. The molecule has 0 amide bonds. The Morgan fingerprint density at radius 1 is 1.33 bits per heavy atom. The Labute approximate surface area is 129 Å². The first-order valence-electron chi connectivity index (χ1n) is 6.71. The van der Waals surface area contributed by atoms with Crippen molar-refractivity contribution < 1.29 is 9.47 Å². The summed E-state index contributed by atoms with van der Waals surface area (Å²) in [5.74, 6) is 0.907. The number of methoxy groups -OCH3 is 1. The molecule has 2 aromatic rings. The summed E-state index contributed by atoms with van der Waals surface area (Å²) in [6.07, 6.45) is 0.691. The van der Waals surface area contributed by atoms with Gasteiger partial charge in [-0.15, -0.1) is 11.3 Å². The number of rotatable bonds is 6. The predicted molar refractivity (Wildman–Crippen MR) is 82.7 cm³/mol. The van der Waals surface area contributed by atoms with E-state index in [1.165, 1.54) is 16.9 Å². The lowest BCUT2D eigenvalue weighted by Gasteiger charge is -2.08. The second kappa shape index (κ2) is 7.21. The molecular formula is C16H18N2O2S. The van der Waals surface area contributed by atoms with E-state index >= 15 is 0 Å². The van der Waals surface area contributed by atoms with Crippen LogP contribution < -0.4 is 4.74 Å². The topological polar surface area (TPSA) is 55.1 Å². The summed E-state index contributed by atoms with van der Waals surface area (Å²) in [5.41, 5.74) is 3.02. The van der Waals surface area contributed by atoms with E-state index in [9.17, 15) is 0 Å². The van der Waals surface area contributed by atoms with Crippen LogP contribution in [0.2, 0.25) is 0 Å². The Morgan fingerprint density at radius 2 is 2.14 bits per heavy atom. The van der Waals surface area contributed by atoms with Crippen LogP contribution in [0.5, 0.6) is 5.75 Å². The molecule has 1 heterocycles. The molecule has 0 unspecified atom stereocenters. The molecule has 0 aliphatic heterocycles. The van der Waals surface area contributed by atoms with Gasteiger partial charge in [-0.05, 0) is 31.0 Å². The highest BCUT2D eigenvalue weighted by atomic mass is 32.1. The van der Waals surface area contributed by atoms with Gasteiger partial charge in [0.25, 0.3) is 0 Å². The molecule has 0 fully saturated rings. The normalized spacial score (nSPS) is 10.4. The van der Waals surface area contributed by atoms with Crippen LogP contribution in [-0.2, 0) is 17.8 Å². The molecule has 0 radical (unpaired) electrons. The van der Waals surface area contributed by atoms with Crippen LogP contribution in [0, 0.1) is 25.2 Å². The zero-order valence-corrected chi connectivity index (χ0v) is 13.3. The second-order valence-corrected chi connectivity index (χ2v) is 5.88. The minimum Gasteiger partial charge on any atom is -0.493 e. The van der Waals surface area contributed by atoms with Crippen LogP contribution in [0.1, 0.15) is 26.7 Å². The number of hydrogen-bond acceptors (Lipinski definition) is 5. The Bertz CT molecular complexity index is 659. The van der Waals surface area contributed by atoms with Crippen molar-refractivity contribution in [3.8, 4) is 11.8 Å². The molecule has 5 heteroatoms. The Kier molecular flexibility index (Phi) is 5.32. The van der Waals surface area contributed by atoms with E-state index in [0.29, 0.717) is 30.2 Å². The van der Waals surface area contributed by atoms with Crippen molar-refractivity contribution in [1.82, 2.24) is 4.98 Å². The van der Waals surface area contributed by atoms with Gasteiger partial charge in [0.1, 0.15) is 16.7 Å². The molecular weight excluding hydrogens is 284 g/mol. The molecule has 21 heavy (non-hydrogen) atoms. The lowest BCUT2D eigenvalue weighted by Crippen LogP contribution is -2.02. The number of aromatic nitrogens is 1. The zero-order chi connectivity index (χ0) is 15.2. The summed E-state index contributed by atoms with van der Waals surface area (Å²) in [4.78, 5) is 5.06. The maximum Gasteiger partial charge on any atom is 0.130 e. The van der Waals surface area contributed by atoms with Crippen molar-refractivity contribution in [3.05, 3.63) is 44.9 Å². The van der Waals surface area contributed by atoms with Crippen LogP contribution in [0.25, 0.3) is 0 Å². The lowest BCUT2D eigenvalue weighted by atomic mass is 10.1. The number of benzene rings is 1. The maximum atomic E-state index is 9.06. The maximum absolute atomic E-state index is 9.06. The molecule has 110 valence electrons. The number of nitrogens with zero attached hydrogens (tertiary/aromatic N) is 2. The third-order valence-electron chi connectivity index (χ3n) is 3.04. The van der Waals surface area contributed by atoms with Gasteiger partial charge in [-0.3, -0.25) is 0 Å². The smallest absolute Gasteiger partial charge is 0.130 e. The van der Waals surface area contributed by atoms with Crippen LogP contribution >= 0.6 is 11.3 Å². The highest BCUT2D eigenvalue weighted by molar-refractivity contribution is 7.12. The zero-order valence-electron chi connectivity index (χ0n) is 12.5. The van der Waals surface area contributed by atoms with E-state index in [0.717, 1.165) is 16.3 Å². The minimum absolute atomic E-state index is 0.372. The van der Waals surface area contributed by atoms with E-state index in [4.69, 9.17) is 14.7 Å². The molecule has 0 aliphatic carbocycles. The Morgan fingerprint density at radius 3 is 2.86 bits per heavy atom. The molecule has 1 aromatic carbocycles. The van der Waals surface area contributed by atoms with Gasteiger partial charge in [0, 0.05) is 13.5 Å². The third kappa shape index (κ3) is 4.03. The first-order valence-corrected chi connectivity index (χ1v) is 7.53. The van der Waals surface area contributed by atoms with Crippen molar-refractivity contribution in [2.45, 2.75) is 26.9 Å². The van der Waals surface area contributed by atoms with Gasteiger partial charge in [-0.25, -0.2) is 4.98 Å². The lowest BCUT2D eigenvalue weighted by molar-refractivity contribution is 0.181. The average molecular weight is 302 g/mol. The first-order chi connectivity index (χ1) is 10.1. The van der Waals surface area contributed by atoms with Crippen LogP contribution in [0.3, 0.4) is 0 Å². The standard InChI is InChI=1S/C16H18N2O2S/c1-11-4-5-12(2)14(8-11)20-7-6-16-18-13(10-19-3)15(9-17)21-16/h4-5,8H,6-7,10H2,1-3H3. The summed E-state index contributed by atoms with van der Waals surface area (Å²) in [5, 5.41) is 9.97. The van der Waals surface area contributed by atoms with Crippen LogP contribution in [0.15, 0.2) is 18.2 Å². The Hall–Kier alpha value is -1.90. The molecule has 0 atom stereocenters. The largest absolute Gasteiger partial charge is 0.493 e. The molecule has 0 bridgehead atoms. The van der Waals surface area contributed by atoms with Crippen LogP contribution in [-0.4, -0.2) is 18.7 Å². The van der Waals surface area contributed by atoms with Gasteiger partial charge in [0.05, 0.1) is 23.9 Å². The molecule has 0 saturated heterocycles. The van der Waals surface area contributed by atoms with Gasteiger partial charge < -0.3 is 9.47 Å². The molecule has 1 aromatic heterocycles. The van der Waals surface area contributed by atoms with E-state index in [2.05, 4.69) is 23.2 Å². The van der Waals surface area contributed by atoms with E-state index in [-0.39, 0.29) is 0 Å². The van der Waals surface area contributed by atoms with Crippen LogP contribution in [0.4, 0.5) is 0 Å². The van der Waals surface area contributed by atoms with Gasteiger partial charge >= 0.3 is 0 Å². The molecule has 0 N–H and O–H groups in total. The number of thiazole rings is 1. The van der Waals surface area contributed by atoms with Crippen molar-refractivity contribution in [1.29, 1.82) is 5.26 Å². The van der Waals surface area contributed by atoms with Gasteiger partial charge in [0.15, 0.2) is 0 Å². The number of ether oxygens (including phenoxy) is 2. The highest BCUT2D eigenvalue weighted by Gasteiger charge is 2.11.